The zero-order valence-corrected chi connectivity index (χ0v) is 36.6. The van der Waals surface area contributed by atoms with Gasteiger partial charge in [0.1, 0.15) is 11.4 Å². The normalized spacial score (nSPS) is 28.9. The second-order valence-corrected chi connectivity index (χ2v) is 21.1. The van der Waals surface area contributed by atoms with E-state index in [2.05, 4.69) is 10.3 Å². The monoisotopic (exact) mass is 850 g/mol. The topological polar surface area (TPSA) is 186 Å². The van der Waals surface area contributed by atoms with E-state index in [4.69, 9.17) is 25.9 Å². The first-order valence-electron chi connectivity index (χ1n) is 22.2. The molecule has 1 spiro atoms. The van der Waals surface area contributed by atoms with E-state index in [0.717, 1.165) is 100 Å². The number of nitrogens with two attached hydrogens (primary N) is 2. The fourth-order valence-electron chi connectivity index (χ4n) is 10.4. The Balaban J connectivity index is 1.19. The van der Waals surface area contributed by atoms with Crippen LogP contribution in [0.4, 0.5) is 5.82 Å². The maximum absolute atomic E-state index is 14.1. The SMILES string of the molecule is CC(=O)O[C@@]12CCc3cc(c(O)c(OC4CCCC4)c3)CN3C[C@](Cc4ccnc(N)c4)(CCN=C(N)NC4(CCCC4)SSCCCCC[C@@H](CC1)[C@H](O)C2)CC3=O. The number of hydrogen-bond acceptors (Lipinski definition) is 13. The van der Waals surface area contributed by atoms with Crippen LogP contribution in [-0.2, 0) is 33.7 Å². The number of nitrogens with one attached hydrogen (secondary N) is 1. The number of aryl methyl sites for hydroxylation is 1. The van der Waals surface area contributed by atoms with Crippen molar-refractivity contribution in [2.45, 2.75) is 165 Å². The van der Waals surface area contributed by atoms with Gasteiger partial charge in [0.15, 0.2) is 17.5 Å². The molecule has 12 nitrogen and oxygen atoms in total. The number of carbonyl (C=O) groups is 2. The predicted molar refractivity (Wildman–Crippen MR) is 236 cm³/mol. The number of nitrogens with zero attached hydrogens (tertiary/aromatic N) is 3. The van der Waals surface area contributed by atoms with Crippen LogP contribution < -0.4 is 21.5 Å². The third kappa shape index (κ3) is 11.5. The number of benzene rings is 1. The Kier molecular flexibility index (Phi) is 14.5. The molecule has 6 aliphatic rings. The van der Waals surface area contributed by atoms with Gasteiger partial charge in [-0.1, -0.05) is 53.3 Å². The summed E-state index contributed by atoms with van der Waals surface area (Å²) < 4.78 is 12.6. The number of aliphatic imine (C=N–C) groups is 1. The fraction of sp³-hybridized carbons (Fsp3) is 0.689. The fourth-order valence-corrected chi connectivity index (χ4v) is 13.6. The molecule has 4 heterocycles. The summed E-state index contributed by atoms with van der Waals surface area (Å²) in [4.78, 5) is 37.4. The molecular weight excluding hydrogens is 785 g/mol. The molecule has 3 aliphatic heterocycles. The molecule has 14 heteroatoms. The van der Waals surface area contributed by atoms with Crippen LogP contribution in [0.15, 0.2) is 35.5 Å². The molecule has 1 amide bonds. The summed E-state index contributed by atoms with van der Waals surface area (Å²) in [5.74, 6) is 2.29. The number of aromatic nitrogens is 1. The van der Waals surface area contributed by atoms with Crippen molar-refractivity contribution in [3.05, 3.63) is 47.2 Å². The summed E-state index contributed by atoms with van der Waals surface area (Å²) in [6.45, 7) is 2.62. The smallest absolute Gasteiger partial charge is 0.303 e. The highest BCUT2D eigenvalue weighted by Gasteiger charge is 2.45. The van der Waals surface area contributed by atoms with E-state index in [0.29, 0.717) is 81.1 Å². The zero-order chi connectivity index (χ0) is 41.5. The van der Waals surface area contributed by atoms with Gasteiger partial charge in [0.2, 0.25) is 5.91 Å². The number of guanidine groups is 1. The molecule has 324 valence electrons. The molecule has 2 aromatic rings. The van der Waals surface area contributed by atoms with Gasteiger partial charge < -0.3 is 41.4 Å². The van der Waals surface area contributed by atoms with Crippen LogP contribution in [0.1, 0.15) is 139 Å². The molecule has 1 aromatic carbocycles. The number of rotatable bonds is 5. The number of fused-ring (bicyclic) bond motifs is 12. The number of phenolic OH excluding ortho intramolecular Hbond substituents is 1. The zero-order valence-electron chi connectivity index (χ0n) is 34.9. The van der Waals surface area contributed by atoms with Crippen LogP contribution in [0.3, 0.4) is 0 Å². The Morgan fingerprint density at radius 1 is 1.00 bits per heavy atom. The number of amides is 1. The number of carbonyl (C=O) groups excluding carboxylic acids is 2. The van der Waals surface area contributed by atoms with Gasteiger partial charge in [0.05, 0.1) is 17.1 Å². The van der Waals surface area contributed by atoms with Gasteiger partial charge in [-0.3, -0.25) is 14.6 Å². The molecule has 4 atom stereocenters. The largest absolute Gasteiger partial charge is 0.504 e. The van der Waals surface area contributed by atoms with Crippen LogP contribution in [0.5, 0.6) is 11.5 Å². The highest BCUT2D eigenvalue weighted by Crippen LogP contribution is 2.47. The highest BCUT2D eigenvalue weighted by molar-refractivity contribution is 8.77. The molecule has 3 aliphatic carbocycles. The molecule has 6 bridgehead atoms. The van der Waals surface area contributed by atoms with Crippen molar-refractivity contribution >= 4 is 45.2 Å². The molecule has 8 rings (SSSR count). The summed E-state index contributed by atoms with van der Waals surface area (Å²) in [7, 11) is 3.81. The number of aromatic hydroxyl groups is 1. The maximum atomic E-state index is 14.1. The maximum Gasteiger partial charge on any atom is 0.303 e. The lowest BCUT2D eigenvalue weighted by molar-refractivity contribution is -0.168. The van der Waals surface area contributed by atoms with Crippen molar-refractivity contribution in [1.82, 2.24) is 15.2 Å². The standard InChI is InChI=1S/C45H66N6O6S2/c1-31(52)57-44-17-12-32-23-35(41(55)38(24-32)56-36-10-4-5-11-36)29-51-30-43(28-40(51)54,26-33-14-20-48-39(46)25-33)19-21-49-42(47)50-45(15-6-7-16-45)59-58-22-8-2-3-9-34(13-18-44)37(53)27-44/h14,20,23-25,34,36-37,53,55H,2-13,15-19,21-22,26-30H2,1H3,(H2,46,48)(H3,47,49,50)/t34-,37+,43-,44-/m0/s1. The summed E-state index contributed by atoms with van der Waals surface area (Å²) in [5.41, 5.74) is 14.1. The van der Waals surface area contributed by atoms with E-state index >= 15 is 0 Å². The number of anilines is 1. The number of aliphatic hydroxyl groups is 1. The van der Waals surface area contributed by atoms with E-state index in [-0.39, 0.29) is 41.1 Å². The first-order chi connectivity index (χ1) is 28.4. The number of pyridine rings is 1. The van der Waals surface area contributed by atoms with Gasteiger partial charge in [-0.25, -0.2) is 4.98 Å². The minimum absolute atomic E-state index is 0.0143. The summed E-state index contributed by atoms with van der Waals surface area (Å²) >= 11 is 0. The summed E-state index contributed by atoms with van der Waals surface area (Å²) in [6.07, 6.45) is 18.4. The Morgan fingerprint density at radius 3 is 2.56 bits per heavy atom. The first-order valence-corrected chi connectivity index (χ1v) is 24.5. The molecule has 1 saturated heterocycles. The molecule has 7 N–H and O–H groups in total. The van der Waals surface area contributed by atoms with E-state index < -0.39 is 17.1 Å². The lowest BCUT2D eigenvalue weighted by Gasteiger charge is -2.42. The molecule has 1 aromatic heterocycles. The van der Waals surface area contributed by atoms with E-state index in [1.165, 1.54) is 6.92 Å². The number of aliphatic hydroxyl groups excluding tert-OH is 1. The van der Waals surface area contributed by atoms with Crippen LogP contribution in [0, 0.1) is 11.3 Å². The van der Waals surface area contributed by atoms with Crippen molar-refractivity contribution in [2.75, 3.05) is 24.6 Å². The molecule has 0 unspecified atom stereocenters. The van der Waals surface area contributed by atoms with Crippen molar-refractivity contribution in [2.24, 2.45) is 22.1 Å². The molecule has 59 heavy (non-hydrogen) atoms. The number of nitrogen functional groups attached to an aromatic ring is 1. The minimum atomic E-state index is -0.776. The second kappa shape index (κ2) is 19.6. The average molecular weight is 851 g/mol. The third-order valence-corrected chi connectivity index (χ3v) is 16.8. The van der Waals surface area contributed by atoms with Crippen molar-refractivity contribution in [1.29, 1.82) is 0 Å². The van der Waals surface area contributed by atoms with Gasteiger partial charge in [-0.05, 0) is 125 Å². The number of hydrogen-bond donors (Lipinski definition) is 5. The van der Waals surface area contributed by atoms with E-state index in [1.54, 1.807) is 6.20 Å². The molecule has 3 saturated carbocycles. The molecule has 4 fully saturated rings. The van der Waals surface area contributed by atoms with Gasteiger partial charge in [0, 0.05) is 62.3 Å². The Bertz CT molecular complexity index is 1800. The number of esters is 1. The molecule has 0 radical (unpaired) electrons. The van der Waals surface area contributed by atoms with Crippen molar-refractivity contribution in [3.63, 3.8) is 0 Å². The predicted octanol–water partition coefficient (Wildman–Crippen LogP) is 7.57. The quantitative estimate of drug-likeness (QED) is 0.147. The summed E-state index contributed by atoms with van der Waals surface area (Å²) in [6, 6.07) is 7.74. The van der Waals surface area contributed by atoms with Crippen LogP contribution in [0.25, 0.3) is 0 Å². The van der Waals surface area contributed by atoms with Crippen LogP contribution in [0.2, 0.25) is 0 Å². The van der Waals surface area contributed by atoms with Gasteiger partial charge in [-0.2, -0.15) is 0 Å². The van der Waals surface area contributed by atoms with E-state index in [1.807, 2.05) is 50.8 Å². The minimum Gasteiger partial charge on any atom is -0.504 e. The van der Waals surface area contributed by atoms with Crippen LogP contribution >= 0.6 is 21.6 Å². The van der Waals surface area contributed by atoms with E-state index in [9.17, 15) is 19.8 Å². The average Bonchev–Trinajstić information content (AvgIpc) is 3.94. The third-order valence-electron chi connectivity index (χ3n) is 13.5. The Morgan fingerprint density at radius 2 is 1.80 bits per heavy atom. The number of phenols is 1. The molecular formula is C45H66N6O6S2. The number of ether oxygens (including phenoxy) is 2. The lowest BCUT2D eigenvalue weighted by atomic mass is 9.72. The Labute approximate surface area is 358 Å². The first kappa shape index (κ1) is 43.7. The van der Waals surface area contributed by atoms with Gasteiger partial charge in [-0.15, -0.1) is 0 Å². The highest BCUT2D eigenvalue weighted by atomic mass is 33.1. The second-order valence-electron chi connectivity index (χ2n) is 18.3. The van der Waals surface area contributed by atoms with Crippen LogP contribution in [-0.4, -0.2) is 79.5 Å². The van der Waals surface area contributed by atoms with Crippen molar-refractivity contribution < 1.29 is 29.3 Å². The van der Waals surface area contributed by atoms with Gasteiger partial charge >= 0.3 is 5.97 Å². The summed E-state index contributed by atoms with van der Waals surface area (Å²) in [5, 5.41) is 26.9. The van der Waals surface area contributed by atoms with Crippen molar-refractivity contribution in [3.8, 4) is 11.5 Å². The Hall–Kier alpha value is -3.36. The lowest BCUT2D eigenvalue weighted by Crippen LogP contribution is -2.47. The van der Waals surface area contributed by atoms with Gasteiger partial charge in [0.25, 0.3) is 0 Å².